The zero-order valence-corrected chi connectivity index (χ0v) is 8.65. The van der Waals surface area contributed by atoms with Gasteiger partial charge in [0, 0.05) is 17.7 Å². The van der Waals surface area contributed by atoms with Gasteiger partial charge in [-0.15, -0.1) is 0 Å². The molecule has 14 heavy (non-hydrogen) atoms. The number of nitrogens with two attached hydrogens (primary N) is 1. The molecule has 4 nitrogen and oxygen atoms in total. The molecule has 2 rings (SSSR count). The topological polar surface area (TPSA) is 56.2 Å². The van der Waals surface area contributed by atoms with Crippen LogP contribution in [0.2, 0.25) is 0 Å². The molecule has 2 heterocycles. The Morgan fingerprint density at radius 3 is 2.64 bits per heavy atom. The zero-order chi connectivity index (χ0) is 10.3. The SMILES string of the molecule is CC(C)(C)c1cc2nccc(N)n2n1. The Hall–Kier alpha value is -1.58. The molecular formula is C10H14N4. The monoisotopic (exact) mass is 190 g/mol. The molecule has 4 heteroatoms. The van der Waals surface area contributed by atoms with Crippen molar-refractivity contribution < 1.29 is 0 Å². The molecule has 74 valence electrons. The Morgan fingerprint density at radius 1 is 1.36 bits per heavy atom. The molecule has 0 radical (unpaired) electrons. The quantitative estimate of drug-likeness (QED) is 0.686. The van der Waals surface area contributed by atoms with Gasteiger partial charge in [-0.3, -0.25) is 0 Å². The van der Waals surface area contributed by atoms with E-state index in [2.05, 4.69) is 30.9 Å². The summed E-state index contributed by atoms with van der Waals surface area (Å²) >= 11 is 0. The molecule has 0 aromatic carbocycles. The molecule has 0 unspecified atom stereocenters. The van der Waals surface area contributed by atoms with Gasteiger partial charge < -0.3 is 5.73 Å². The summed E-state index contributed by atoms with van der Waals surface area (Å²) in [6.45, 7) is 6.35. The van der Waals surface area contributed by atoms with E-state index >= 15 is 0 Å². The molecule has 0 bridgehead atoms. The van der Waals surface area contributed by atoms with E-state index < -0.39 is 0 Å². The van der Waals surface area contributed by atoms with Gasteiger partial charge in [0.15, 0.2) is 5.65 Å². The fraction of sp³-hybridized carbons (Fsp3) is 0.400. The summed E-state index contributed by atoms with van der Waals surface area (Å²) in [7, 11) is 0. The second-order valence-corrected chi connectivity index (χ2v) is 4.42. The van der Waals surface area contributed by atoms with Crippen LogP contribution in [0.3, 0.4) is 0 Å². The second-order valence-electron chi connectivity index (χ2n) is 4.42. The van der Waals surface area contributed by atoms with Crippen LogP contribution in [0.4, 0.5) is 5.82 Å². The van der Waals surface area contributed by atoms with E-state index in [0.717, 1.165) is 11.3 Å². The van der Waals surface area contributed by atoms with Crippen LogP contribution in [-0.2, 0) is 5.41 Å². The van der Waals surface area contributed by atoms with Gasteiger partial charge in [0.2, 0.25) is 0 Å². The van der Waals surface area contributed by atoms with Crippen LogP contribution >= 0.6 is 0 Å². The first-order valence-electron chi connectivity index (χ1n) is 4.59. The lowest BCUT2D eigenvalue weighted by molar-refractivity contribution is 0.563. The smallest absolute Gasteiger partial charge is 0.157 e. The molecule has 0 aliphatic rings. The van der Waals surface area contributed by atoms with E-state index in [9.17, 15) is 0 Å². The van der Waals surface area contributed by atoms with Crippen molar-refractivity contribution in [2.24, 2.45) is 0 Å². The maximum atomic E-state index is 5.77. The lowest BCUT2D eigenvalue weighted by atomic mass is 9.93. The molecule has 2 N–H and O–H groups in total. The van der Waals surface area contributed by atoms with Gasteiger partial charge in [0.25, 0.3) is 0 Å². The second kappa shape index (κ2) is 2.70. The van der Waals surface area contributed by atoms with Crippen LogP contribution in [0.15, 0.2) is 18.3 Å². The van der Waals surface area contributed by atoms with Crippen LogP contribution in [-0.4, -0.2) is 14.6 Å². The molecule has 0 saturated carbocycles. The van der Waals surface area contributed by atoms with Gasteiger partial charge in [0.05, 0.1) is 5.69 Å². The standard InChI is InChI=1S/C10H14N4/c1-10(2,3)7-6-9-12-5-4-8(11)14(9)13-7/h4-6H,11H2,1-3H3. The highest BCUT2D eigenvalue weighted by Crippen LogP contribution is 2.22. The Morgan fingerprint density at radius 2 is 2.07 bits per heavy atom. The van der Waals surface area contributed by atoms with E-state index in [1.54, 1.807) is 16.8 Å². The first kappa shape index (κ1) is 8.99. The Labute approximate surface area is 82.8 Å². The van der Waals surface area contributed by atoms with Crippen molar-refractivity contribution in [3.63, 3.8) is 0 Å². The zero-order valence-electron chi connectivity index (χ0n) is 8.65. The van der Waals surface area contributed by atoms with Crippen molar-refractivity contribution in [2.75, 3.05) is 5.73 Å². The number of anilines is 1. The molecule has 2 aromatic heterocycles. The lowest BCUT2D eigenvalue weighted by Crippen LogP contribution is -2.12. The minimum Gasteiger partial charge on any atom is -0.384 e. The van der Waals surface area contributed by atoms with Crippen molar-refractivity contribution in [3.05, 3.63) is 24.0 Å². The third-order valence-electron chi connectivity index (χ3n) is 2.16. The number of hydrogen-bond donors (Lipinski definition) is 1. The van der Waals surface area contributed by atoms with Crippen molar-refractivity contribution >= 4 is 11.5 Å². The summed E-state index contributed by atoms with van der Waals surface area (Å²) in [5.74, 6) is 0.616. The van der Waals surface area contributed by atoms with Crippen molar-refractivity contribution in [3.8, 4) is 0 Å². The minimum absolute atomic E-state index is 0.0279. The summed E-state index contributed by atoms with van der Waals surface area (Å²) < 4.78 is 1.67. The average molecular weight is 190 g/mol. The van der Waals surface area contributed by atoms with E-state index in [1.807, 2.05) is 6.07 Å². The largest absolute Gasteiger partial charge is 0.384 e. The molecule has 0 amide bonds. The summed E-state index contributed by atoms with van der Waals surface area (Å²) in [6.07, 6.45) is 1.69. The fourth-order valence-corrected chi connectivity index (χ4v) is 1.28. The van der Waals surface area contributed by atoms with Crippen LogP contribution in [0.25, 0.3) is 5.65 Å². The number of fused-ring (bicyclic) bond motifs is 1. The number of rotatable bonds is 0. The summed E-state index contributed by atoms with van der Waals surface area (Å²) in [5, 5.41) is 4.41. The maximum absolute atomic E-state index is 5.77. The van der Waals surface area contributed by atoms with Crippen LogP contribution < -0.4 is 5.73 Å². The number of hydrogen-bond acceptors (Lipinski definition) is 3. The van der Waals surface area contributed by atoms with E-state index in [0.29, 0.717) is 5.82 Å². The number of nitrogen functional groups attached to an aromatic ring is 1. The Kier molecular flexibility index (Phi) is 1.74. The fourth-order valence-electron chi connectivity index (χ4n) is 1.28. The molecule has 0 fully saturated rings. The molecule has 0 aliphatic carbocycles. The molecule has 0 atom stereocenters. The first-order chi connectivity index (χ1) is 6.48. The van der Waals surface area contributed by atoms with E-state index in [-0.39, 0.29) is 5.41 Å². The highest BCUT2D eigenvalue weighted by atomic mass is 15.3. The van der Waals surface area contributed by atoms with Crippen LogP contribution in [0, 0.1) is 0 Å². The van der Waals surface area contributed by atoms with E-state index in [1.165, 1.54) is 0 Å². The summed E-state index contributed by atoms with van der Waals surface area (Å²) in [5.41, 5.74) is 7.60. The molecule has 0 spiro atoms. The van der Waals surface area contributed by atoms with Crippen molar-refractivity contribution in [1.82, 2.24) is 14.6 Å². The molecule has 2 aromatic rings. The first-order valence-corrected chi connectivity index (χ1v) is 4.59. The van der Waals surface area contributed by atoms with Gasteiger partial charge >= 0.3 is 0 Å². The highest BCUT2D eigenvalue weighted by molar-refractivity contribution is 5.47. The predicted octanol–water partition coefficient (Wildman–Crippen LogP) is 1.61. The maximum Gasteiger partial charge on any atom is 0.157 e. The summed E-state index contributed by atoms with van der Waals surface area (Å²) in [6, 6.07) is 3.71. The van der Waals surface area contributed by atoms with Crippen LogP contribution in [0.1, 0.15) is 26.5 Å². The van der Waals surface area contributed by atoms with Crippen molar-refractivity contribution in [2.45, 2.75) is 26.2 Å². The third-order valence-corrected chi connectivity index (χ3v) is 2.16. The normalized spacial score (nSPS) is 12.2. The van der Waals surface area contributed by atoms with Crippen molar-refractivity contribution in [1.29, 1.82) is 0 Å². The Balaban J connectivity index is 2.69. The van der Waals surface area contributed by atoms with Gasteiger partial charge in [0.1, 0.15) is 5.82 Å². The van der Waals surface area contributed by atoms with E-state index in [4.69, 9.17) is 5.73 Å². The van der Waals surface area contributed by atoms with Crippen LogP contribution in [0.5, 0.6) is 0 Å². The number of aromatic nitrogens is 3. The third kappa shape index (κ3) is 1.32. The highest BCUT2D eigenvalue weighted by Gasteiger charge is 2.18. The van der Waals surface area contributed by atoms with Gasteiger partial charge in [-0.2, -0.15) is 9.61 Å². The number of nitrogens with zero attached hydrogens (tertiary/aromatic N) is 3. The van der Waals surface area contributed by atoms with Gasteiger partial charge in [-0.1, -0.05) is 20.8 Å². The molecule has 0 saturated heterocycles. The minimum atomic E-state index is 0.0279. The Bertz CT molecular complexity index is 464. The average Bonchev–Trinajstić information content (AvgIpc) is 2.48. The molecular weight excluding hydrogens is 176 g/mol. The summed E-state index contributed by atoms with van der Waals surface area (Å²) in [4.78, 5) is 4.20. The van der Waals surface area contributed by atoms with Gasteiger partial charge in [-0.25, -0.2) is 4.98 Å². The predicted molar refractivity (Wildman–Crippen MR) is 56.1 cm³/mol. The lowest BCUT2D eigenvalue weighted by Gasteiger charge is -2.13. The molecule has 0 aliphatic heterocycles. The van der Waals surface area contributed by atoms with Gasteiger partial charge in [-0.05, 0) is 6.07 Å².